The van der Waals surface area contributed by atoms with Crippen molar-refractivity contribution < 1.29 is 4.74 Å². The molecule has 1 aromatic carbocycles. The van der Waals surface area contributed by atoms with Gasteiger partial charge in [-0.25, -0.2) is 0 Å². The van der Waals surface area contributed by atoms with Crippen LogP contribution < -0.4 is 10.5 Å². The van der Waals surface area contributed by atoms with E-state index in [4.69, 9.17) is 10.5 Å². The molecule has 0 radical (unpaired) electrons. The van der Waals surface area contributed by atoms with Crippen molar-refractivity contribution in [3.8, 4) is 17.3 Å². The molecule has 1 aromatic heterocycles. The lowest BCUT2D eigenvalue weighted by atomic mass is 10.1. The molecule has 0 amide bonds. The molecule has 0 spiro atoms. The van der Waals surface area contributed by atoms with Crippen LogP contribution in [0.4, 0.5) is 5.82 Å². The average Bonchev–Trinajstić information content (AvgIpc) is 2.33. The highest BCUT2D eigenvalue weighted by Crippen LogP contribution is 2.25. The Morgan fingerprint density at radius 2 is 1.81 bits per heavy atom. The summed E-state index contributed by atoms with van der Waals surface area (Å²) in [7, 11) is 1.53. The Hall–Kier alpha value is -2.10. The third-order valence-corrected chi connectivity index (χ3v) is 2.39. The first-order valence-corrected chi connectivity index (χ1v) is 4.96. The van der Waals surface area contributed by atoms with Gasteiger partial charge in [0.2, 0.25) is 0 Å². The Morgan fingerprint density at radius 3 is 2.44 bits per heavy atom. The first kappa shape index (κ1) is 10.4. The van der Waals surface area contributed by atoms with Crippen molar-refractivity contribution in [2.24, 2.45) is 0 Å². The smallest absolute Gasteiger partial charge is 0.318 e. The van der Waals surface area contributed by atoms with Crippen molar-refractivity contribution in [3.05, 3.63) is 35.9 Å². The summed E-state index contributed by atoms with van der Waals surface area (Å²) in [6, 6.07) is 10.1. The molecule has 16 heavy (non-hydrogen) atoms. The molecular weight excluding hydrogens is 202 g/mol. The Labute approximate surface area is 94.1 Å². The fraction of sp³-hybridized carbons (Fsp3) is 0.167. The average molecular weight is 215 g/mol. The number of nitrogens with two attached hydrogens (primary N) is 1. The summed E-state index contributed by atoms with van der Waals surface area (Å²) >= 11 is 0. The third kappa shape index (κ3) is 1.82. The van der Waals surface area contributed by atoms with Crippen LogP contribution in [0, 0.1) is 6.92 Å². The summed E-state index contributed by atoms with van der Waals surface area (Å²) in [6.07, 6.45) is 0. The van der Waals surface area contributed by atoms with Gasteiger partial charge in [-0.1, -0.05) is 30.3 Å². The molecule has 0 unspecified atom stereocenters. The van der Waals surface area contributed by atoms with Gasteiger partial charge in [0.1, 0.15) is 5.82 Å². The van der Waals surface area contributed by atoms with Crippen molar-refractivity contribution in [1.82, 2.24) is 9.97 Å². The van der Waals surface area contributed by atoms with E-state index in [0.29, 0.717) is 11.8 Å². The zero-order valence-corrected chi connectivity index (χ0v) is 9.27. The van der Waals surface area contributed by atoms with Crippen molar-refractivity contribution in [1.29, 1.82) is 0 Å². The van der Waals surface area contributed by atoms with E-state index >= 15 is 0 Å². The molecule has 0 aliphatic carbocycles. The molecule has 1 heterocycles. The Morgan fingerprint density at radius 1 is 1.12 bits per heavy atom. The van der Waals surface area contributed by atoms with Gasteiger partial charge in [-0.2, -0.15) is 9.97 Å². The number of ether oxygens (including phenoxy) is 1. The summed E-state index contributed by atoms with van der Waals surface area (Å²) in [5.74, 6) is 0.450. The normalized spacial score (nSPS) is 10.1. The molecule has 4 heteroatoms. The minimum Gasteiger partial charge on any atom is -0.467 e. The van der Waals surface area contributed by atoms with Gasteiger partial charge < -0.3 is 10.5 Å². The van der Waals surface area contributed by atoms with Gasteiger partial charge in [0.25, 0.3) is 0 Å². The maximum absolute atomic E-state index is 5.80. The van der Waals surface area contributed by atoms with Crippen LogP contribution in [-0.2, 0) is 0 Å². The number of anilines is 1. The second-order valence-corrected chi connectivity index (χ2v) is 3.44. The van der Waals surface area contributed by atoms with E-state index in [-0.39, 0.29) is 0 Å². The monoisotopic (exact) mass is 215 g/mol. The number of methoxy groups -OCH3 is 1. The number of hydrogen-bond acceptors (Lipinski definition) is 4. The Bertz CT molecular complexity index is 497. The lowest BCUT2D eigenvalue weighted by Gasteiger charge is -2.08. The number of rotatable bonds is 2. The number of nitrogens with zero attached hydrogens (tertiary/aromatic N) is 2. The largest absolute Gasteiger partial charge is 0.467 e. The first-order chi connectivity index (χ1) is 7.72. The van der Waals surface area contributed by atoms with Crippen molar-refractivity contribution in [3.63, 3.8) is 0 Å². The highest BCUT2D eigenvalue weighted by atomic mass is 16.5. The Kier molecular flexibility index (Phi) is 2.72. The number of aromatic nitrogens is 2. The molecule has 0 bridgehead atoms. The maximum atomic E-state index is 5.80. The van der Waals surface area contributed by atoms with E-state index in [1.165, 1.54) is 7.11 Å². The van der Waals surface area contributed by atoms with Gasteiger partial charge in [0.15, 0.2) is 0 Å². The Balaban J connectivity index is 2.60. The molecule has 2 rings (SSSR count). The lowest BCUT2D eigenvalue weighted by Crippen LogP contribution is -2.02. The molecule has 0 aliphatic heterocycles. The van der Waals surface area contributed by atoms with E-state index < -0.39 is 0 Å². The summed E-state index contributed by atoms with van der Waals surface area (Å²) in [4.78, 5) is 8.33. The van der Waals surface area contributed by atoms with Gasteiger partial charge in [-0.05, 0) is 6.92 Å². The quantitative estimate of drug-likeness (QED) is 0.832. The van der Waals surface area contributed by atoms with E-state index in [9.17, 15) is 0 Å². The highest BCUT2D eigenvalue weighted by Gasteiger charge is 2.10. The maximum Gasteiger partial charge on any atom is 0.318 e. The third-order valence-electron chi connectivity index (χ3n) is 2.39. The predicted octanol–water partition coefficient (Wildman–Crippen LogP) is 2.04. The van der Waals surface area contributed by atoms with Crippen LogP contribution in [0.3, 0.4) is 0 Å². The lowest BCUT2D eigenvalue weighted by molar-refractivity contribution is 0.381. The molecule has 0 saturated carbocycles. The fourth-order valence-electron chi connectivity index (χ4n) is 1.48. The molecule has 0 saturated heterocycles. The molecule has 4 nitrogen and oxygen atoms in total. The summed E-state index contributed by atoms with van der Waals surface area (Å²) in [5.41, 5.74) is 8.49. The second-order valence-electron chi connectivity index (χ2n) is 3.44. The SMILES string of the molecule is COc1nc(N)c(C)c(-c2ccccc2)n1. The van der Waals surface area contributed by atoms with E-state index in [0.717, 1.165) is 16.8 Å². The van der Waals surface area contributed by atoms with Crippen molar-refractivity contribution in [2.45, 2.75) is 6.92 Å². The van der Waals surface area contributed by atoms with Crippen LogP contribution >= 0.6 is 0 Å². The van der Waals surface area contributed by atoms with Gasteiger partial charge in [0.05, 0.1) is 12.8 Å². The van der Waals surface area contributed by atoms with Crippen molar-refractivity contribution >= 4 is 5.82 Å². The summed E-state index contributed by atoms with van der Waals surface area (Å²) in [5, 5.41) is 0. The van der Waals surface area contributed by atoms with E-state index in [1.54, 1.807) is 0 Å². The van der Waals surface area contributed by atoms with Crippen molar-refractivity contribution in [2.75, 3.05) is 12.8 Å². The van der Waals surface area contributed by atoms with E-state index in [1.807, 2.05) is 37.3 Å². The van der Waals surface area contributed by atoms with Gasteiger partial charge >= 0.3 is 6.01 Å². The number of nitrogen functional groups attached to an aromatic ring is 1. The second kappa shape index (κ2) is 4.18. The molecule has 2 aromatic rings. The summed E-state index contributed by atoms with van der Waals surface area (Å²) in [6.45, 7) is 1.90. The standard InChI is InChI=1S/C12H13N3O/c1-8-10(9-6-4-3-5-7-9)14-12(16-2)15-11(8)13/h3-7H,1-2H3,(H2,13,14,15). The molecule has 2 N–H and O–H groups in total. The zero-order valence-electron chi connectivity index (χ0n) is 9.27. The molecule has 0 atom stereocenters. The van der Waals surface area contributed by atoms with Crippen LogP contribution in [0.1, 0.15) is 5.56 Å². The highest BCUT2D eigenvalue weighted by molar-refractivity contribution is 5.67. The molecular formula is C12H13N3O. The predicted molar refractivity (Wildman–Crippen MR) is 63.2 cm³/mol. The van der Waals surface area contributed by atoms with Gasteiger partial charge in [-0.15, -0.1) is 0 Å². The minimum atomic E-state index is 0.293. The fourth-order valence-corrected chi connectivity index (χ4v) is 1.48. The van der Waals surface area contributed by atoms with Gasteiger partial charge in [0, 0.05) is 11.1 Å². The number of hydrogen-bond donors (Lipinski definition) is 1. The molecule has 0 aliphatic rings. The molecule has 82 valence electrons. The van der Waals surface area contributed by atoms with Crippen LogP contribution in [0.15, 0.2) is 30.3 Å². The van der Waals surface area contributed by atoms with Crippen LogP contribution in [0.5, 0.6) is 6.01 Å². The van der Waals surface area contributed by atoms with Crippen LogP contribution in [0.2, 0.25) is 0 Å². The van der Waals surface area contributed by atoms with E-state index in [2.05, 4.69) is 9.97 Å². The van der Waals surface area contributed by atoms with Crippen LogP contribution in [0.25, 0.3) is 11.3 Å². The minimum absolute atomic E-state index is 0.293. The summed E-state index contributed by atoms with van der Waals surface area (Å²) < 4.78 is 5.01. The zero-order chi connectivity index (χ0) is 11.5. The number of benzene rings is 1. The van der Waals surface area contributed by atoms with Gasteiger partial charge in [-0.3, -0.25) is 0 Å². The topological polar surface area (TPSA) is 61.0 Å². The van der Waals surface area contributed by atoms with Crippen LogP contribution in [-0.4, -0.2) is 17.1 Å². The molecule has 0 fully saturated rings. The first-order valence-electron chi connectivity index (χ1n) is 4.96.